The van der Waals surface area contributed by atoms with E-state index in [9.17, 15) is 23.8 Å². The third-order valence-corrected chi connectivity index (χ3v) is 9.84. The second kappa shape index (κ2) is 37.6. The van der Waals surface area contributed by atoms with Crippen molar-refractivity contribution in [2.75, 3.05) is 19.8 Å². The molecule has 0 aliphatic carbocycles. The molecule has 0 rings (SSSR count). The summed E-state index contributed by atoms with van der Waals surface area (Å²) in [5.41, 5.74) is 5.32. The largest absolute Gasteiger partial charge is 0.480 e. The lowest BCUT2D eigenvalue weighted by molar-refractivity contribution is -0.161. The Bertz CT molecular complexity index is 1060. The summed E-state index contributed by atoms with van der Waals surface area (Å²) in [6, 6.07) is -1.52. The molecule has 0 amide bonds. The normalized spacial score (nSPS) is 14.1. The molecule has 0 fully saturated rings. The molecule has 0 saturated heterocycles. The zero-order valence-electron chi connectivity index (χ0n) is 33.8. The number of allylic oxidation sites excluding steroid dienone is 6. The lowest BCUT2D eigenvalue weighted by atomic mass is 10.0. The second-order valence-corrected chi connectivity index (χ2v) is 15.6. The monoisotopic (exact) mass is 786 g/mol. The highest BCUT2D eigenvalue weighted by molar-refractivity contribution is 7.47. The number of phosphoric acid groups is 1. The molecule has 0 radical (unpaired) electrons. The van der Waals surface area contributed by atoms with Crippen molar-refractivity contribution < 1.29 is 47.5 Å². The van der Waals surface area contributed by atoms with Crippen molar-refractivity contribution in [3.8, 4) is 0 Å². The second-order valence-electron chi connectivity index (χ2n) is 14.1. The molecule has 0 aliphatic rings. The van der Waals surface area contributed by atoms with Gasteiger partial charge in [0.25, 0.3) is 0 Å². The molecule has 0 aliphatic heterocycles. The number of esters is 2. The quantitative estimate of drug-likeness (QED) is 0.0234. The van der Waals surface area contributed by atoms with Crippen LogP contribution in [0.2, 0.25) is 0 Å². The van der Waals surface area contributed by atoms with E-state index in [-0.39, 0.29) is 19.4 Å². The molecule has 314 valence electrons. The van der Waals surface area contributed by atoms with Crippen molar-refractivity contribution in [2.45, 2.75) is 193 Å². The molecule has 0 saturated carbocycles. The highest BCUT2D eigenvalue weighted by Gasteiger charge is 2.28. The van der Waals surface area contributed by atoms with Crippen LogP contribution in [0.4, 0.5) is 0 Å². The molecule has 54 heavy (non-hydrogen) atoms. The minimum Gasteiger partial charge on any atom is -0.480 e. The summed E-state index contributed by atoms with van der Waals surface area (Å²) in [4.78, 5) is 45.9. The Morgan fingerprint density at radius 1 is 0.574 bits per heavy atom. The van der Waals surface area contributed by atoms with Gasteiger partial charge in [-0.15, -0.1) is 0 Å². The van der Waals surface area contributed by atoms with E-state index in [2.05, 4.69) is 54.8 Å². The number of ether oxygens (including phenoxy) is 2. The van der Waals surface area contributed by atoms with Crippen LogP contribution < -0.4 is 5.73 Å². The van der Waals surface area contributed by atoms with E-state index in [0.717, 1.165) is 57.8 Å². The smallest absolute Gasteiger partial charge is 0.472 e. The van der Waals surface area contributed by atoms with E-state index in [0.29, 0.717) is 12.8 Å². The SMILES string of the molecule is CCCCCC=CCC=CCC=CCCCCCCC(=O)OC[C@H](COP(=O)(O)OC[C@H](N)C(=O)O)OC(=O)CCCCCCCCCCCCCCC. The van der Waals surface area contributed by atoms with E-state index in [1.54, 1.807) is 0 Å². The number of nitrogens with two attached hydrogens (primary N) is 1. The van der Waals surface area contributed by atoms with E-state index < -0.39 is 51.1 Å². The Morgan fingerprint density at radius 2 is 0.981 bits per heavy atom. The minimum atomic E-state index is -4.72. The average Bonchev–Trinajstić information content (AvgIpc) is 3.14. The van der Waals surface area contributed by atoms with Gasteiger partial charge in [-0.3, -0.25) is 23.4 Å². The molecule has 0 aromatic rings. The zero-order valence-corrected chi connectivity index (χ0v) is 34.7. The molecule has 11 nitrogen and oxygen atoms in total. The maximum absolute atomic E-state index is 12.6. The first-order valence-corrected chi connectivity index (χ1v) is 22.5. The van der Waals surface area contributed by atoms with Gasteiger partial charge in [0.2, 0.25) is 0 Å². The number of hydrogen-bond donors (Lipinski definition) is 3. The molecule has 4 N–H and O–H groups in total. The standard InChI is InChI=1S/C42H76NO10P/c1-3-5-7-9-11-13-15-17-18-19-20-22-23-25-27-29-31-33-40(44)50-35-38(36-51-54(48,49)52-37-39(43)42(46)47)53-41(45)34-32-30-28-26-24-21-16-14-12-10-8-6-4-2/h11,13,17-18,20,22,38-39H,3-10,12,14-16,19,21,23-37,43H2,1-2H3,(H,46,47)(H,48,49)/t38-,39+/m1/s1. The van der Waals surface area contributed by atoms with Crippen LogP contribution in [0.1, 0.15) is 181 Å². The van der Waals surface area contributed by atoms with Gasteiger partial charge in [-0.05, 0) is 51.4 Å². The number of carbonyl (C=O) groups excluding carboxylic acids is 2. The van der Waals surface area contributed by atoms with Crippen LogP contribution in [0.25, 0.3) is 0 Å². The number of carbonyl (C=O) groups is 3. The van der Waals surface area contributed by atoms with Crippen molar-refractivity contribution in [1.29, 1.82) is 0 Å². The number of unbranched alkanes of at least 4 members (excludes halogenated alkanes) is 19. The van der Waals surface area contributed by atoms with Crippen LogP contribution in [-0.2, 0) is 37.5 Å². The van der Waals surface area contributed by atoms with E-state index in [1.807, 2.05) is 0 Å². The number of aliphatic carboxylic acids is 1. The topological polar surface area (TPSA) is 172 Å². The number of carboxylic acids is 1. The van der Waals surface area contributed by atoms with Crippen LogP contribution in [0, 0.1) is 0 Å². The van der Waals surface area contributed by atoms with Gasteiger partial charge in [0.05, 0.1) is 13.2 Å². The van der Waals surface area contributed by atoms with Crippen LogP contribution in [0.5, 0.6) is 0 Å². The predicted molar refractivity (Wildman–Crippen MR) is 217 cm³/mol. The van der Waals surface area contributed by atoms with Gasteiger partial charge in [0.1, 0.15) is 12.6 Å². The third kappa shape index (κ3) is 36.7. The molecule has 3 atom stereocenters. The fraction of sp³-hybridized carbons (Fsp3) is 0.786. The Balaban J connectivity index is 4.41. The van der Waals surface area contributed by atoms with Crippen LogP contribution in [0.15, 0.2) is 36.5 Å². The molecule has 1 unspecified atom stereocenters. The minimum absolute atomic E-state index is 0.158. The van der Waals surface area contributed by atoms with E-state index in [1.165, 1.54) is 83.5 Å². The van der Waals surface area contributed by atoms with Crippen LogP contribution in [-0.4, -0.2) is 59.9 Å². The van der Waals surface area contributed by atoms with Crippen molar-refractivity contribution in [2.24, 2.45) is 5.73 Å². The van der Waals surface area contributed by atoms with Gasteiger partial charge in [0, 0.05) is 12.8 Å². The van der Waals surface area contributed by atoms with Crippen molar-refractivity contribution >= 4 is 25.7 Å². The zero-order chi connectivity index (χ0) is 40.0. The first kappa shape index (κ1) is 51.7. The summed E-state index contributed by atoms with van der Waals surface area (Å²) >= 11 is 0. The summed E-state index contributed by atoms with van der Waals surface area (Å²) in [6.07, 6.45) is 39.2. The Kier molecular flexibility index (Phi) is 36.0. The van der Waals surface area contributed by atoms with Gasteiger partial charge in [0.15, 0.2) is 6.10 Å². The maximum Gasteiger partial charge on any atom is 0.472 e. The summed E-state index contributed by atoms with van der Waals surface area (Å²) in [5, 5.41) is 8.87. The first-order chi connectivity index (χ1) is 26.1. The van der Waals surface area contributed by atoms with Crippen LogP contribution in [0.3, 0.4) is 0 Å². The Morgan fingerprint density at radius 3 is 1.50 bits per heavy atom. The number of carboxylic acid groups (broad SMARTS) is 1. The van der Waals surface area contributed by atoms with E-state index >= 15 is 0 Å². The van der Waals surface area contributed by atoms with Crippen molar-refractivity contribution in [1.82, 2.24) is 0 Å². The van der Waals surface area contributed by atoms with Gasteiger partial charge in [-0.2, -0.15) is 0 Å². The fourth-order valence-corrected chi connectivity index (χ4v) is 6.32. The lowest BCUT2D eigenvalue weighted by Crippen LogP contribution is -2.34. The molecule has 0 aromatic carbocycles. The number of phosphoric ester groups is 1. The summed E-state index contributed by atoms with van der Waals surface area (Å²) in [6.45, 7) is 2.75. The highest BCUT2D eigenvalue weighted by Crippen LogP contribution is 2.43. The Hall–Kier alpha value is -2.30. The van der Waals surface area contributed by atoms with Gasteiger partial charge in [-0.1, -0.05) is 153 Å². The molecule has 0 aromatic heterocycles. The summed E-state index contributed by atoms with van der Waals surface area (Å²) < 4.78 is 32.6. The average molecular weight is 786 g/mol. The van der Waals surface area contributed by atoms with Crippen molar-refractivity contribution in [3.63, 3.8) is 0 Å². The van der Waals surface area contributed by atoms with E-state index in [4.69, 9.17) is 24.8 Å². The molecule has 12 heteroatoms. The first-order valence-electron chi connectivity index (χ1n) is 21.0. The summed E-state index contributed by atoms with van der Waals surface area (Å²) in [7, 11) is -4.72. The Labute approximate surface area is 327 Å². The summed E-state index contributed by atoms with van der Waals surface area (Å²) in [5.74, 6) is -2.40. The highest BCUT2D eigenvalue weighted by atomic mass is 31.2. The van der Waals surface area contributed by atoms with Crippen LogP contribution >= 0.6 is 7.82 Å². The van der Waals surface area contributed by atoms with Gasteiger partial charge in [-0.25, -0.2) is 4.57 Å². The van der Waals surface area contributed by atoms with Gasteiger partial charge >= 0.3 is 25.7 Å². The molecular formula is C42H76NO10P. The third-order valence-electron chi connectivity index (χ3n) is 8.89. The van der Waals surface area contributed by atoms with Gasteiger partial charge < -0.3 is 25.2 Å². The molecule has 0 spiro atoms. The number of rotatable bonds is 39. The molecule has 0 heterocycles. The predicted octanol–water partition coefficient (Wildman–Crippen LogP) is 10.8. The fourth-order valence-electron chi connectivity index (χ4n) is 5.54. The molecular weight excluding hydrogens is 709 g/mol. The molecule has 0 bridgehead atoms. The number of hydrogen-bond acceptors (Lipinski definition) is 9. The van der Waals surface area contributed by atoms with Crippen molar-refractivity contribution in [3.05, 3.63) is 36.5 Å². The lowest BCUT2D eigenvalue weighted by Gasteiger charge is -2.20. The maximum atomic E-state index is 12.6.